The second-order valence-corrected chi connectivity index (χ2v) is 7.12. The lowest BCUT2D eigenvalue weighted by Crippen LogP contribution is -2.18. The molecular formula is C16H7F12P. The lowest BCUT2D eigenvalue weighted by molar-refractivity contribution is -0.144. The Bertz CT molecular complexity index is 749. The normalized spacial score (nSPS) is 13.7. The minimum atomic E-state index is -5.20. The summed E-state index contributed by atoms with van der Waals surface area (Å²) in [6.07, 6.45) is -20.8. The Kier molecular flexibility index (Phi) is 5.93. The fraction of sp³-hybridized carbons (Fsp3) is 0.250. The summed E-state index contributed by atoms with van der Waals surface area (Å²) in [6, 6.07) is 0.618. The van der Waals surface area contributed by atoms with Gasteiger partial charge in [-0.25, -0.2) is 0 Å². The van der Waals surface area contributed by atoms with Gasteiger partial charge in [0.2, 0.25) is 0 Å². The summed E-state index contributed by atoms with van der Waals surface area (Å²) in [5.41, 5.74) is -6.90. The minimum Gasteiger partial charge on any atom is -0.166 e. The Labute approximate surface area is 156 Å². The van der Waals surface area contributed by atoms with Gasteiger partial charge in [-0.3, -0.25) is 0 Å². The van der Waals surface area contributed by atoms with Crippen LogP contribution in [0.25, 0.3) is 0 Å². The van der Waals surface area contributed by atoms with Crippen molar-refractivity contribution in [2.75, 3.05) is 0 Å². The molecule has 29 heavy (non-hydrogen) atoms. The molecule has 0 unspecified atom stereocenters. The van der Waals surface area contributed by atoms with Crippen LogP contribution in [0.5, 0.6) is 0 Å². The van der Waals surface area contributed by atoms with Gasteiger partial charge in [0, 0.05) is 0 Å². The Morgan fingerprint density at radius 1 is 0.379 bits per heavy atom. The van der Waals surface area contributed by atoms with Gasteiger partial charge in [0.25, 0.3) is 0 Å². The second kappa shape index (κ2) is 7.37. The standard InChI is InChI=1S/C16H7F12P/c17-13(18,19)7-1-8(14(20,21)22)4-11(3-7)29-12-5-9(15(23,24)25)2-10(6-12)16(26,27)28/h1-6,29H. The van der Waals surface area contributed by atoms with Gasteiger partial charge in [0.05, 0.1) is 22.3 Å². The van der Waals surface area contributed by atoms with Crippen LogP contribution in [0.15, 0.2) is 36.4 Å². The van der Waals surface area contributed by atoms with E-state index < -0.39 is 66.1 Å². The predicted octanol–water partition coefficient (Wildman–Crippen LogP) is 6.39. The molecule has 0 radical (unpaired) electrons. The molecule has 0 aliphatic carbocycles. The van der Waals surface area contributed by atoms with Gasteiger partial charge in [-0.15, -0.1) is 0 Å². The van der Waals surface area contributed by atoms with Crippen LogP contribution in [0.4, 0.5) is 52.7 Å². The van der Waals surface area contributed by atoms with Crippen molar-refractivity contribution in [3.05, 3.63) is 58.7 Å². The first kappa shape index (κ1) is 23.3. The van der Waals surface area contributed by atoms with Crippen LogP contribution >= 0.6 is 8.58 Å². The summed E-state index contributed by atoms with van der Waals surface area (Å²) >= 11 is 0. The first-order chi connectivity index (χ1) is 12.9. The van der Waals surface area contributed by atoms with Gasteiger partial charge in [-0.2, -0.15) is 52.7 Å². The van der Waals surface area contributed by atoms with Crippen molar-refractivity contribution < 1.29 is 52.7 Å². The summed E-state index contributed by atoms with van der Waals surface area (Å²) in [6.45, 7) is 0. The molecule has 0 spiro atoms. The first-order valence-corrected chi connectivity index (χ1v) is 8.23. The molecule has 2 aromatic rings. The lowest BCUT2D eigenvalue weighted by Gasteiger charge is -2.16. The maximum absolute atomic E-state index is 12.9. The van der Waals surface area contributed by atoms with Crippen molar-refractivity contribution in [1.29, 1.82) is 0 Å². The minimum absolute atomic E-state index is 0.193. The number of hydrogen-bond donors (Lipinski definition) is 0. The molecular weight excluding hydrogens is 451 g/mol. The fourth-order valence-electron chi connectivity index (χ4n) is 2.22. The van der Waals surface area contributed by atoms with Gasteiger partial charge in [0.1, 0.15) is 0 Å². The van der Waals surface area contributed by atoms with E-state index in [0.29, 0.717) is 0 Å². The molecule has 0 atom stereocenters. The van der Waals surface area contributed by atoms with Gasteiger partial charge in [0.15, 0.2) is 0 Å². The zero-order valence-corrected chi connectivity index (χ0v) is 14.5. The largest absolute Gasteiger partial charge is 0.416 e. The van der Waals surface area contributed by atoms with Crippen LogP contribution in [-0.2, 0) is 24.7 Å². The number of hydrogen-bond acceptors (Lipinski definition) is 0. The Morgan fingerprint density at radius 2 is 0.586 bits per heavy atom. The van der Waals surface area contributed by atoms with E-state index >= 15 is 0 Å². The molecule has 2 aromatic carbocycles. The fourth-order valence-corrected chi connectivity index (χ4v) is 3.46. The molecule has 2 rings (SSSR count). The monoisotopic (exact) mass is 458 g/mol. The number of alkyl halides is 12. The number of halogens is 12. The maximum atomic E-state index is 12.9. The highest BCUT2D eigenvalue weighted by Gasteiger charge is 2.38. The Morgan fingerprint density at radius 3 is 0.759 bits per heavy atom. The average Bonchev–Trinajstić information content (AvgIpc) is 2.51. The van der Waals surface area contributed by atoms with E-state index in [2.05, 4.69) is 0 Å². The van der Waals surface area contributed by atoms with Gasteiger partial charge in [-0.1, -0.05) is 8.58 Å². The van der Waals surface area contributed by atoms with E-state index in [4.69, 9.17) is 0 Å². The van der Waals surface area contributed by atoms with Crippen LogP contribution in [-0.4, -0.2) is 0 Å². The van der Waals surface area contributed by atoms with Gasteiger partial charge >= 0.3 is 24.7 Å². The van der Waals surface area contributed by atoms with E-state index in [1.165, 1.54) is 0 Å². The topological polar surface area (TPSA) is 0 Å². The number of benzene rings is 2. The quantitative estimate of drug-likeness (QED) is 0.362. The molecule has 0 saturated heterocycles. The van der Waals surface area contributed by atoms with E-state index in [1.807, 2.05) is 0 Å². The Balaban J connectivity index is 2.61. The van der Waals surface area contributed by atoms with E-state index in [-0.39, 0.29) is 36.4 Å². The predicted molar refractivity (Wildman–Crippen MR) is 80.5 cm³/mol. The highest BCUT2D eigenvalue weighted by atomic mass is 31.1. The van der Waals surface area contributed by atoms with Crippen LogP contribution in [0.1, 0.15) is 22.3 Å². The molecule has 0 aliphatic heterocycles. The zero-order chi connectivity index (χ0) is 22.4. The summed E-state index contributed by atoms with van der Waals surface area (Å²) in [4.78, 5) is 0. The zero-order valence-electron chi connectivity index (χ0n) is 13.5. The van der Waals surface area contributed by atoms with Crippen LogP contribution < -0.4 is 10.6 Å². The molecule has 160 valence electrons. The van der Waals surface area contributed by atoms with Gasteiger partial charge in [-0.05, 0) is 47.0 Å². The molecule has 0 heterocycles. The Hall–Kier alpha value is -1.97. The third-order valence-corrected chi connectivity index (χ3v) is 4.62. The van der Waals surface area contributed by atoms with Crippen molar-refractivity contribution in [2.24, 2.45) is 0 Å². The molecule has 0 aliphatic rings. The van der Waals surface area contributed by atoms with Crippen LogP contribution in [0, 0.1) is 0 Å². The average molecular weight is 458 g/mol. The highest BCUT2D eigenvalue weighted by molar-refractivity contribution is 7.55. The number of rotatable bonds is 2. The third kappa shape index (κ3) is 6.01. The summed E-state index contributed by atoms with van der Waals surface area (Å²) in [5.74, 6) is 0. The van der Waals surface area contributed by atoms with Crippen LogP contribution in [0.2, 0.25) is 0 Å². The molecule has 0 bridgehead atoms. The van der Waals surface area contributed by atoms with Crippen molar-refractivity contribution in [3.8, 4) is 0 Å². The van der Waals surface area contributed by atoms with E-state index in [1.54, 1.807) is 0 Å². The summed E-state index contributed by atoms with van der Waals surface area (Å²) < 4.78 is 154. The molecule has 0 nitrogen and oxygen atoms in total. The SMILES string of the molecule is FC(F)(F)c1cc(Pc2cc(C(F)(F)F)cc(C(F)(F)F)c2)cc(C(F)(F)F)c1. The molecule has 0 aromatic heterocycles. The summed E-state index contributed by atoms with van der Waals surface area (Å²) in [5, 5.41) is -1.45. The smallest absolute Gasteiger partial charge is 0.166 e. The van der Waals surface area contributed by atoms with Crippen molar-refractivity contribution in [2.45, 2.75) is 24.7 Å². The van der Waals surface area contributed by atoms with Crippen molar-refractivity contribution in [1.82, 2.24) is 0 Å². The third-order valence-electron chi connectivity index (χ3n) is 3.46. The maximum Gasteiger partial charge on any atom is 0.416 e. The highest BCUT2D eigenvalue weighted by Crippen LogP contribution is 2.38. The lowest BCUT2D eigenvalue weighted by atomic mass is 10.1. The first-order valence-electron chi connectivity index (χ1n) is 7.23. The van der Waals surface area contributed by atoms with Gasteiger partial charge < -0.3 is 0 Å². The molecule has 0 amide bonds. The second-order valence-electron chi connectivity index (χ2n) is 5.71. The molecule has 0 N–H and O–H groups in total. The van der Waals surface area contributed by atoms with E-state index in [0.717, 1.165) is 0 Å². The molecule has 0 fully saturated rings. The summed E-state index contributed by atoms with van der Waals surface area (Å²) in [7, 11) is -1.32. The van der Waals surface area contributed by atoms with Crippen molar-refractivity contribution in [3.63, 3.8) is 0 Å². The van der Waals surface area contributed by atoms with Crippen LogP contribution in [0.3, 0.4) is 0 Å². The molecule has 13 heteroatoms. The van der Waals surface area contributed by atoms with Crippen molar-refractivity contribution >= 4 is 19.2 Å². The van der Waals surface area contributed by atoms with E-state index in [9.17, 15) is 52.7 Å². The molecule has 0 saturated carbocycles.